The van der Waals surface area contributed by atoms with Crippen molar-refractivity contribution in [1.29, 1.82) is 0 Å². The summed E-state index contributed by atoms with van der Waals surface area (Å²) in [5, 5.41) is 7.30. The molecule has 1 N–H and O–H groups in total. The lowest BCUT2D eigenvalue weighted by Crippen LogP contribution is -2.43. The fraction of sp³-hybridized carbons (Fsp3) is 0.500. The van der Waals surface area contributed by atoms with E-state index in [1.54, 1.807) is 0 Å². The molecule has 0 aromatic carbocycles. The van der Waals surface area contributed by atoms with Gasteiger partial charge in [-0.3, -0.25) is 4.68 Å². The van der Waals surface area contributed by atoms with Crippen LogP contribution in [0.25, 0.3) is 0 Å². The Hall–Kier alpha value is -0.250. The quantitative estimate of drug-likeness (QED) is 0.722. The van der Waals surface area contributed by atoms with E-state index in [-0.39, 0.29) is 24.8 Å². The van der Waals surface area contributed by atoms with Crippen LogP contribution in [-0.4, -0.2) is 22.9 Å². The minimum absolute atomic E-state index is 0. The molecule has 0 unspecified atom stereocenters. The molecule has 0 aliphatic carbocycles. The third kappa shape index (κ3) is 2.09. The van der Waals surface area contributed by atoms with Crippen molar-refractivity contribution < 1.29 is 0 Å². The maximum atomic E-state index is 4.11. The topological polar surface area (TPSA) is 29.9 Å². The predicted octanol–water partition coefficient (Wildman–Crippen LogP) is 0.871. The second-order valence-corrected chi connectivity index (χ2v) is 2.30. The maximum Gasteiger partial charge on any atom is 0.0767 e. The molecule has 0 radical (unpaired) electrons. The largest absolute Gasteiger partial charge is 0.312 e. The zero-order chi connectivity index (χ0) is 6.10. The SMILES string of the molecule is Cl.Cl.c1cnn(C2CNC2)c1. The van der Waals surface area contributed by atoms with Crippen LogP contribution in [0.3, 0.4) is 0 Å². The zero-order valence-electron chi connectivity index (χ0n) is 5.93. The van der Waals surface area contributed by atoms with Gasteiger partial charge >= 0.3 is 0 Å². The van der Waals surface area contributed by atoms with Crippen LogP contribution in [0.1, 0.15) is 6.04 Å². The lowest BCUT2D eigenvalue weighted by Gasteiger charge is -2.26. The Morgan fingerprint density at radius 2 is 2.09 bits per heavy atom. The minimum atomic E-state index is 0. The van der Waals surface area contributed by atoms with Crippen molar-refractivity contribution in [3.63, 3.8) is 0 Å². The third-order valence-corrected chi connectivity index (χ3v) is 1.66. The molecule has 5 heteroatoms. The normalized spacial score (nSPS) is 16.0. The van der Waals surface area contributed by atoms with Crippen LogP contribution >= 0.6 is 24.8 Å². The Labute approximate surface area is 78.0 Å². The molecule has 1 aromatic heterocycles. The fourth-order valence-corrected chi connectivity index (χ4v) is 0.957. The van der Waals surface area contributed by atoms with Crippen molar-refractivity contribution in [2.45, 2.75) is 6.04 Å². The van der Waals surface area contributed by atoms with Gasteiger partial charge in [0.15, 0.2) is 0 Å². The molecule has 2 rings (SSSR count). The van der Waals surface area contributed by atoms with Crippen LogP contribution in [-0.2, 0) is 0 Å². The second-order valence-electron chi connectivity index (χ2n) is 2.30. The molecule has 0 atom stereocenters. The van der Waals surface area contributed by atoms with Crippen molar-refractivity contribution in [2.24, 2.45) is 0 Å². The van der Waals surface area contributed by atoms with E-state index in [0.717, 1.165) is 13.1 Å². The standard InChI is InChI=1S/C6H9N3.2ClH/c1-2-8-9(3-1)6-4-7-5-6;;/h1-3,6-7H,4-5H2;2*1H. The number of hydrogen-bond donors (Lipinski definition) is 1. The predicted molar refractivity (Wildman–Crippen MR) is 48.6 cm³/mol. The van der Waals surface area contributed by atoms with Crippen molar-refractivity contribution in [3.8, 4) is 0 Å². The van der Waals surface area contributed by atoms with Gasteiger partial charge in [-0.1, -0.05) is 0 Å². The smallest absolute Gasteiger partial charge is 0.0767 e. The highest BCUT2D eigenvalue weighted by atomic mass is 35.5. The molecule has 1 aromatic rings. The van der Waals surface area contributed by atoms with Gasteiger partial charge in [0.2, 0.25) is 0 Å². The number of nitrogens with one attached hydrogen (secondary N) is 1. The maximum absolute atomic E-state index is 4.11. The number of aromatic nitrogens is 2. The van der Waals surface area contributed by atoms with Gasteiger partial charge in [0.1, 0.15) is 0 Å². The van der Waals surface area contributed by atoms with Crippen molar-refractivity contribution in [1.82, 2.24) is 15.1 Å². The Morgan fingerprint density at radius 3 is 2.45 bits per heavy atom. The van der Waals surface area contributed by atoms with Crippen LogP contribution in [0.4, 0.5) is 0 Å². The van der Waals surface area contributed by atoms with E-state index >= 15 is 0 Å². The molecule has 0 bridgehead atoms. The molecule has 1 saturated heterocycles. The van der Waals surface area contributed by atoms with Gasteiger partial charge in [-0.2, -0.15) is 5.10 Å². The molecule has 64 valence electrons. The van der Waals surface area contributed by atoms with Gasteiger partial charge < -0.3 is 5.32 Å². The van der Waals surface area contributed by atoms with Crippen LogP contribution in [0, 0.1) is 0 Å². The minimum Gasteiger partial charge on any atom is -0.312 e. The summed E-state index contributed by atoms with van der Waals surface area (Å²) in [6.45, 7) is 2.14. The molecule has 3 nitrogen and oxygen atoms in total. The third-order valence-electron chi connectivity index (χ3n) is 1.66. The van der Waals surface area contributed by atoms with Gasteiger partial charge in [0, 0.05) is 25.5 Å². The number of hydrogen-bond acceptors (Lipinski definition) is 2. The number of halogens is 2. The Kier molecular flexibility index (Phi) is 4.49. The zero-order valence-corrected chi connectivity index (χ0v) is 7.57. The first-order chi connectivity index (χ1) is 4.47. The van der Waals surface area contributed by atoms with Gasteiger partial charge in [0.05, 0.1) is 6.04 Å². The Balaban J connectivity index is 0.000000500. The first kappa shape index (κ1) is 10.8. The highest BCUT2D eigenvalue weighted by Gasteiger charge is 2.17. The fourth-order valence-electron chi connectivity index (χ4n) is 0.957. The lowest BCUT2D eigenvalue weighted by molar-refractivity contribution is 0.318. The van der Waals surface area contributed by atoms with Crippen molar-refractivity contribution >= 4 is 24.8 Å². The molecule has 2 heterocycles. The van der Waals surface area contributed by atoms with E-state index in [1.165, 1.54) is 0 Å². The van der Waals surface area contributed by atoms with Gasteiger partial charge in [-0.05, 0) is 6.07 Å². The summed E-state index contributed by atoms with van der Waals surface area (Å²) in [5.41, 5.74) is 0. The molecular formula is C6H11Cl2N3. The van der Waals surface area contributed by atoms with E-state index in [9.17, 15) is 0 Å². The average Bonchev–Trinajstić information content (AvgIpc) is 2.11. The number of rotatable bonds is 1. The summed E-state index contributed by atoms with van der Waals surface area (Å²) in [7, 11) is 0. The molecule has 0 spiro atoms. The molecule has 0 saturated carbocycles. The molecular weight excluding hydrogens is 185 g/mol. The van der Waals surface area contributed by atoms with Crippen molar-refractivity contribution in [2.75, 3.05) is 13.1 Å². The molecule has 0 amide bonds. The number of nitrogens with zero attached hydrogens (tertiary/aromatic N) is 2. The summed E-state index contributed by atoms with van der Waals surface area (Å²) >= 11 is 0. The summed E-state index contributed by atoms with van der Waals surface area (Å²) in [5.74, 6) is 0. The van der Waals surface area contributed by atoms with Gasteiger partial charge in [-0.25, -0.2) is 0 Å². The first-order valence-electron chi connectivity index (χ1n) is 3.16. The second kappa shape index (κ2) is 4.59. The Bertz CT molecular complexity index is 184. The van der Waals surface area contributed by atoms with E-state index in [4.69, 9.17) is 0 Å². The summed E-state index contributed by atoms with van der Waals surface area (Å²) < 4.78 is 2.00. The van der Waals surface area contributed by atoms with E-state index < -0.39 is 0 Å². The van der Waals surface area contributed by atoms with Gasteiger partial charge in [0.25, 0.3) is 0 Å². The molecule has 1 aliphatic rings. The van der Waals surface area contributed by atoms with Crippen LogP contribution < -0.4 is 5.32 Å². The summed E-state index contributed by atoms with van der Waals surface area (Å²) in [6.07, 6.45) is 3.82. The van der Waals surface area contributed by atoms with E-state index in [2.05, 4.69) is 10.4 Å². The molecule has 1 fully saturated rings. The molecule has 1 aliphatic heterocycles. The monoisotopic (exact) mass is 195 g/mol. The van der Waals surface area contributed by atoms with Crippen LogP contribution in [0.2, 0.25) is 0 Å². The Morgan fingerprint density at radius 1 is 1.36 bits per heavy atom. The van der Waals surface area contributed by atoms with Gasteiger partial charge in [-0.15, -0.1) is 24.8 Å². The van der Waals surface area contributed by atoms with Crippen LogP contribution in [0.5, 0.6) is 0 Å². The average molecular weight is 196 g/mol. The van der Waals surface area contributed by atoms with Crippen LogP contribution in [0.15, 0.2) is 18.5 Å². The van der Waals surface area contributed by atoms with E-state index in [0.29, 0.717) is 6.04 Å². The highest BCUT2D eigenvalue weighted by molar-refractivity contribution is 5.85. The first-order valence-corrected chi connectivity index (χ1v) is 3.16. The lowest BCUT2D eigenvalue weighted by atomic mass is 10.2. The molecule has 11 heavy (non-hydrogen) atoms. The van der Waals surface area contributed by atoms with E-state index in [1.807, 2.05) is 23.1 Å². The van der Waals surface area contributed by atoms with Crippen molar-refractivity contribution in [3.05, 3.63) is 18.5 Å². The summed E-state index contributed by atoms with van der Waals surface area (Å²) in [4.78, 5) is 0. The summed E-state index contributed by atoms with van der Waals surface area (Å²) in [6, 6.07) is 2.57. The highest BCUT2D eigenvalue weighted by Crippen LogP contribution is 2.07.